The Labute approximate surface area is 132 Å². The van der Waals surface area contributed by atoms with Crippen molar-refractivity contribution in [3.8, 4) is 5.75 Å². The molecular formula is C15H19BrFN3O. The van der Waals surface area contributed by atoms with Crippen molar-refractivity contribution in [3.05, 3.63) is 45.4 Å². The molecule has 4 nitrogen and oxygen atoms in total. The summed E-state index contributed by atoms with van der Waals surface area (Å²) < 4.78 is 22.1. The van der Waals surface area contributed by atoms with Gasteiger partial charge >= 0.3 is 0 Å². The van der Waals surface area contributed by atoms with Crippen LogP contribution in [0, 0.1) is 12.7 Å². The van der Waals surface area contributed by atoms with Gasteiger partial charge in [0.1, 0.15) is 18.2 Å². The molecule has 0 unspecified atom stereocenters. The highest BCUT2D eigenvalue weighted by Gasteiger charge is 2.13. The highest BCUT2D eigenvalue weighted by molar-refractivity contribution is 9.10. The van der Waals surface area contributed by atoms with Crippen molar-refractivity contribution in [1.29, 1.82) is 0 Å². The maximum Gasteiger partial charge on any atom is 0.131 e. The molecule has 1 heterocycles. The Morgan fingerprint density at radius 2 is 2.14 bits per heavy atom. The maximum absolute atomic E-state index is 13.6. The molecule has 0 fully saturated rings. The molecular weight excluding hydrogens is 337 g/mol. The average molecular weight is 356 g/mol. The quantitative estimate of drug-likeness (QED) is 0.862. The monoisotopic (exact) mass is 355 g/mol. The van der Waals surface area contributed by atoms with E-state index in [1.165, 1.54) is 12.1 Å². The molecule has 1 N–H and O–H groups in total. The molecule has 0 amide bonds. The molecule has 0 aliphatic heterocycles. The number of hydrogen-bond donors (Lipinski definition) is 1. The molecule has 6 heteroatoms. The number of halogens is 2. The predicted molar refractivity (Wildman–Crippen MR) is 83.8 cm³/mol. The maximum atomic E-state index is 13.6. The minimum Gasteiger partial charge on any atom is -0.487 e. The zero-order chi connectivity index (χ0) is 15.4. The van der Waals surface area contributed by atoms with Crippen LogP contribution in [0.25, 0.3) is 0 Å². The third kappa shape index (κ3) is 3.83. The second-order valence-corrected chi connectivity index (χ2v) is 5.57. The van der Waals surface area contributed by atoms with Crippen LogP contribution in [0.2, 0.25) is 0 Å². The summed E-state index contributed by atoms with van der Waals surface area (Å²) >= 11 is 3.52. The van der Waals surface area contributed by atoms with Gasteiger partial charge in [0.2, 0.25) is 0 Å². The predicted octanol–water partition coefficient (Wildman–Crippen LogP) is 3.41. The van der Waals surface area contributed by atoms with E-state index in [0.29, 0.717) is 18.9 Å². The molecule has 2 aromatic rings. The normalized spacial score (nSPS) is 10.9. The van der Waals surface area contributed by atoms with Gasteiger partial charge in [0, 0.05) is 19.2 Å². The lowest BCUT2D eigenvalue weighted by Crippen LogP contribution is -2.08. The van der Waals surface area contributed by atoms with Crippen molar-refractivity contribution in [3.63, 3.8) is 0 Å². The highest BCUT2D eigenvalue weighted by atomic mass is 79.9. The largest absolute Gasteiger partial charge is 0.487 e. The molecule has 0 aliphatic rings. The lowest BCUT2D eigenvalue weighted by atomic mass is 10.2. The van der Waals surface area contributed by atoms with Crippen molar-refractivity contribution in [2.75, 3.05) is 7.05 Å². The number of nitrogens with one attached hydrogen (secondary N) is 1. The Balaban J connectivity index is 2.16. The molecule has 0 spiro atoms. The summed E-state index contributed by atoms with van der Waals surface area (Å²) in [5.74, 6) is 0.227. The van der Waals surface area contributed by atoms with Crippen LogP contribution < -0.4 is 10.1 Å². The van der Waals surface area contributed by atoms with Gasteiger partial charge in [-0.1, -0.05) is 0 Å². The van der Waals surface area contributed by atoms with Gasteiger partial charge in [-0.3, -0.25) is 4.68 Å². The topological polar surface area (TPSA) is 39.1 Å². The van der Waals surface area contributed by atoms with Gasteiger partial charge in [0.15, 0.2) is 0 Å². The number of hydrogen-bond acceptors (Lipinski definition) is 3. The number of nitrogens with zero attached hydrogens (tertiary/aromatic N) is 2. The smallest absolute Gasteiger partial charge is 0.131 e. The average Bonchev–Trinajstić information content (AvgIpc) is 2.72. The van der Waals surface area contributed by atoms with E-state index in [9.17, 15) is 4.39 Å². The lowest BCUT2D eigenvalue weighted by molar-refractivity contribution is 0.290. The summed E-state index contributed by atoms with van der Waals surface area (Å²) in [6, 6.07) is 4.74. The van der Waals surface area contributed by atoms with E-state index in [-0.39, 0.29) is 5.82 Å². The molecule has 114 valence electrons. The van der Waals surface area contributed by atoms with Gasteiger partial charge in [-0.25, -0.2) is 4.39 Å². The standard InChI is InChI=1S/C15H19BrFN3O/c1-4-20-14(15(16)10(2)19-20)9-21-13-6-11(8-18-3)5-12(17)7-13/h5-7,18H,4,8-9H2,1-3H3. The summed E-state index contributed by atoms with van der Waals surface area (Å²) in [6.07, 6.45) is 0. The van der Waals surface area contributed by atoms with Crippen LogP contribution in [0.5, 0.6) is 5.75 Å². The minimum atomic E-state index is -0.294. The van der Waals surface area contributed by atoms with Crippen molar-refractivity contribution in [2.45, 2.75) is 33.5 Å². The second kappa shape index (κ2) is 7.04. The van der Waals surface area contributed by atoms with Gasteiger partial charge in [0.05, 0.1) is 15.9 Å². The first kappa shape index (κ1) is 16.0. The van der Waals surface area contributed by atoms with E-state index in [1.807, 2.05) is 31.6 Å². The van der Waals surface area contributed by atoms with Crippen LogP contribution in [0.15, 0.2) is 22.7 Å². The number of benzene rings is 1. The molecule has 0 atom stereocenters. The molecule has 2 rings (SSSR count). The van der Waals surface area contributed by atoms with E-state index in [2.05, 4.69) is 26.3 Å². The first-order valence-corrected chi connectivity index (χ1v) is 7.63. The third-order valence-electron chi connectivity index (χ3n) is 3.14. The number of aromatic nitrogens is 2. The zero-order valence-electron chi connectivity index (χ0n) is 12.4. The van der Waals surface area contributed by atoms with Crippen molar-refractivity contribution in [1.82, 2.24) is 15.1 Å². The van der Waals surface area contributed by atoms with E-state index < -0.39 is 0 Å². The van der Waals surface area contributed by atoms with Gasteiger partial charge in [-0.15, -0.1) is 0 Å². The van der Waals surface area contributed by atoms with Crippen molar-refractivity contribution < 1.29 is 9.13 Å². The summed E-state index contributed by atoms with van der Waals surface area (Å²) in [5.41, 5.74) is 2.73. The summed E-state index contributed by atoms with van der Waals surface area (Å²) in [7, 11) is 1.82. The highest BCUT2D eigenvalue weighted by Crippen LogP contribution is 2.24. The SMILES string of the molecule is CCn1nc(C)c(Br)c1COc1cc(F)cc(CNC)c1. The zero-order valence-corrected chi connectivity index (χ0v) is 14.0. The van der Waals surface area contributed by atoms with E-state index >= 15 is 0 Å². The van der Waals surface area contributed by atoms with E-state index in [1.54, 1.807) is 0 Å². The van der Waals surface area contributed by atoms with Crippen LogP contribution in [0.1, 0.15) is 23.9 Å². The summed E-state index contributed by atoms with van der Waals surface area (Å²) in [6.45, 7) is 5.67. The summed E-state index contributed by atoms with van der Waals surface area (Å²) in [4.78, 5) is 0. The molecule has 0 aliphatic carbocycles. The molecule has 0 saturated heterocycles. The van der Waals surface area contributed by atoms with Gasteiger partial charge in [-0.05, 0) is 54.5 Å². The summed E-state index contributed by atoms with van der Waals surface area (Å²) in [5, 5.41) is 7.41. The Hall–Kier alpha value is -1.40. The Morgan fingerprint density at radius 3 is 2.81 bits per heavy atom. The van der Waals surface area contributed by atoms with Crippen LogP contribution in [0.3, 0.4) is 0 Å². The fraction of sp³-hybridized carbons (Fsp3) is 0.400. The molecule has 1 aromatic carbocycles. The van der Waals surface area contributed by atoms with Crippen molar-refractivity contribution in [2.24, 2.45) is 0 Å². The number of ether oxygens (including phenoxy) is 1. The lowest BCUT2D eigenvalue weighted by Gasteiger charge is -2.10. The Kier molecular flexibility index (Phi) is 5.36. The van der Waals surface area contributed by atoms with Crippen LogP contribution >= 0.6 is 15.9 Å². The van der Waals surface area contributed by atoms with Gasteiger partial charge in [-0.2, -0.15) is 5.10 Å². The first-order valence-electron chi connectivity index (χ1n) is 6.83. The van der Waals surface area contributed by atoms with E-state index in [0.717, 1.165) is 28.0 Å². The molecule has 0 radical (unpaired) electrons. The van der Waals surface area contributed by atoms with Gasteiger partial charge < -0.3 is 10.1 Å². The van der Waals surface area contributed by atoms with Gasteiger partial charge in [0.25, 0.3) is 0 Å². The van der Waals surface area contributed by atoms with Crippen LogP contribution in [-0.2, 0) is 19.7 Å². The number of aryl methyl sites for hydroxylation is 2. The minimum absolute atomic E-state index is 0.294. The fourth-order valence-corrected chi connectivity index (χ4v) is 2.57. The molecule has 0 saturated carbocycles. The Morgan fingerprint density at radius 1 is 1.38 bits per heavy atom. The second-order valence-electron chi connectivity index (χ2n) is 4.78. The van der Waals surface area contributed by atoms with E-state index in [4.69, 9.17) is 4.74 Å². The number of rotatable bonds is 6. The molecule has 1 aromatic heterocycles. The van der Waals surface area contributed by atoms with Crippen LogP contribution in [-0.4, -0.2) is 16.8 Å². The first-order chi connectivity index (χ1) is 10.0. The Bertz CT molecular complexity index is 628. The molecule has 21 heavy (non-hydrogen) atoms. The fourth-order valence-electron chi connectivity index (χ4n) is 2.17. The molecule has 0 bridgehead atoms. The van der Waals surface area contributed by atoms with Crippen molar-refractivity contribution >= 4 is 15.9 Å². The third-order valence-corrected chi connectivity index (χ3v) is 4.17. The van der Waals surface area contributed by atoms with Crippen LogP contribution in [0.4, 0.5) is 4.39 Å².